The van der Waals surface area contributed by atoms with E-state index < -0.39 is 20.0 Å². The lowest BCUT2D eigenvalue weighted by Crippen LogP contribution is -2.47. The van der Waals surface area contributed by atoms with Gasteiger partial charge in [0.25, 0.3) is 0 Å². The molecule has 0 aromatic rings. The first kappa shape index (κ1) is 76.9. The largest absolute Gasteiger partial charge is 0.472 e. The SMILES string of the molecule is CC/C=C\C/C=C\C/C=C\C/C=C\C/C=C\C/C=C\CCCCCCC(=O)OC(/C=C/CCCCCCCCCCC)C(COP(=O)(O)OCC[N+](C)(C)C)NC(=O)CCCCCCC/C=C\C/C=C\C/C=C\C/C=C\C/C=C\CC. The fourth-order valence-electron chi connectivity index (χ4n) is 8.38. The van der Waals surface area contributed by atoms with Crippen molar-refractivity contribution >= 4 is 19.7 Å². The highest BCUT2D eigenvalue weighted by molar-refractivity contribution is 7.47. The van der Waals surface area contributed by atoms with Crippen molar-refractivity contribution in [3.8, 4) is 0 Å². The highest BCUT2D eigenvalue weighted by Crippen LogP contribution is 2.43. The van der Waals surface area contributed by atoms with E-state index in [-0.39, 0.29) is 31.5 Å². The van der Waals surface area contributed by atoms with Gasteiger partial charge in [-0.2, -0.15) is 0 Å². The summed E-state index contributed by atoms with van der Waals surface area (Å²) >= 11 is 0. The predicted octanol–water partition coefficient (Wildman–Crippen LogP) is 20.2. The number of carbonyl (C=O) groups is 2. The molecule has 0 radical (unpaired) electrons. The van der Waals surface area contributed by atoms with Crippen LogP contribution in [-0.2, 0) is 27.9 Å². The van der Waals surface area contributed by atoms with Gasteiger partial charge in [-0.1, -0.05) is 244 Å². The number of nitrogens with one attached hydrogen (secondary N) is 1. The molecule has 9 nitrogen and oxygen atoms in total. The van der Waals surface area contributed by atoms with E-state index in [2.05, 4.69) is 160 Å². The normalized spacial score (nSPS) is 14.6. The van der Waals surface area contributed by atoms with Crippen molar-refractivity contribution in [2.24, 2.45) is 0 Å². The molecule has 2 N–H and O–H groups in total. The van der Waals surface area contributed by atoms with Crippen LogP contribution in [0.25, 0.3) is 0 Å². The topological polar surface area (TPSA) is 111 Å². The van der Waals surface area contributed by atoms with E-state index in [0.717, 1.165) is 148 Å². The minimum absolute atomic E-state index is 0.0229. The molecule has 0 bridgehead atoms. The van der Waals surface area contributed by atoms with Gasteiger partial charge in [-0.3, -0.25) is 18.6 Å². The number of likely N-dealkylation sites (N-methyl/N-ethyl adjacent to an activating group) is 1. The van der Waals surface area contributed by atoms with Gasteiger partial charge in [0.1, 0.15) is 19.3 Å². The molecule has 0 aliphatic rings. The van der Waals surface area contributed by atoms with Crippen LogP contribution in [0, 0.1) is 0 Å². The van der Waals surface area contributed by atoms with Crippen LogP contribution in [0.1, 0.15) is 239 Å². The third kappa shape index (κ3) is 60.3. The van der Waals surface area contributed by atoms with E-state index in [9.17, 15) is 19.0 Å². The van der Waals surface area contributed by atoms with Gasteiger partial charge in [0, 0.05) is 12.8 Å². The summed E-state index contributed by atoms with van der Waals surface area (Å²) in [4.78, 5) is 37.8. The molecule has 0 spiro atoms. The van der Waals surface area contributed by atoms with Crippen molar-refractivity contribution in [3.05, 3.63) is 146 Å². The number of phosphoric acid groups is 1. The number of rotatable bonds is 56. The standard InChI is InChI=1S/C71H119N2O7P/c1-7-10-13-16-19-22-25-27-29-31-33-35-36-38-40-42-44-46-49-52-55-58-61-64-71(75)80-69(62-59-56-53-50-47-24-21-18-15-12-9-3)68(67-79-81(76,77)78-66-65-73(4,5)6)72-70(74)63-60-57-54-51-48-45-43-41-39-37-34-32-30-28-26-23-20-17-14-11-8-2/h10-11,13-14,19-20,22-23,27-30,33-35,37-38,40-41,43-44,46,59,62,68-69H,7-9,12,15-18,21,24-26,31-32,36,39,42,45,47-58,60-61,63-67H2,1-6H3,(H-,72,74,76,77)/p+1/b13-10-,14-11-,22-19-,23-20-,29-27-,30-28-,35-33-,37-34-,40-38-,43-41-,46-44-,62-59+. The van der Waals surface area contributed by atoms with Gasteiger partial charge in [-0.15, -0.1) is 0 Å². The number of carbonyl (C=O) groups excluding carboxylic acids is 2. The average Bonchev–Trinajstić information content (AvgIpc) is 3.44. The molecule has 0 fully saturated rings. The lowest BCUT2D eigenvalue weighted by molar-refractivity contribution is -0.870. The van der Waals surface area contributed by atoms with Crippen molar-refractivity contribution in [1.82, 2.24) is 5.32 Å². The molecule has 0 aliphatic carbocycles. The summed E-state index contributed by atoms with van der Waals surface area (Å²) in [6.45, 7) is 6.72. The molecule has 0 aromatic carbocycles. The van der Waals surface area contributed by atoms with Crippen LogP contribution in [0.4, 0.5) is 0 Å². The average molecular weight is 1140 g/mol. The second-order valence-electron chi connectivity index (χ2n) is 22.2. The molecule has 0 aromatic heterocycles. The smallest absolute Gasteiger partial charge is 0.456 e. The van der Waals surface area contributed by atoms with Gasteiger partial charge in [0.2, 0.25) is 5.91 Å². The zero-order valence-corrected chi connectivity index (χ0v) is 53.4. The number of nitrogens with zero attached hydrogens (tertiary/aromatic N) is 1. The Morgan fingerprint density at radius 3 is 1.19 bits per heavy atom. The predicted molar refractivity (Wildman–Crippen MR) is 350 cm³/mol. The minimum Gasteiger partial charge on any atom is -0.456 e. The Morgan fingerprint density at radius 1 is 0.444 bits per heavy atom. The van der Waals surface area contributed by atoms with E-state index in [1.54, 1.807) is 0 Å². The van der Waals surface area contributed by atoms with Crippen LogP contribution in [0.2, 0.25) is 0 Å². The number of unbranched alkanes of at least 4 members (excludes halogenated alkanes) is 18. The van der Waals surface area contributed by atoms with Gasteiger partial charge in [0.05, 0.1) is 33.8 Å². The number of quaternary nitrogens is 1. The molecule has 0 saturated carbocycles. The van der Waals surface area contributed by atoms with Crippen LogP contribution in [0.15, 0.2) is 146 Å². The summed E-state index contributed by atoms with van der Waals surface area (Å²) in [7, 11) is 1.44. The van der Waals surface area contributed by atoms with Crippen LogP contribution >= 0.6 is 7.82 Å². The summed E-state index contributed by atoms with van der Waals surface area (Å²) in [5, 5.41) is 3.04. The number of phosphoric ester groups is 1. The number of hydrogen-bond donors (Lipinski definition) is 2. The van der Waals surface area contributed by atoms with E-state index in [4.69, 9.17) is 13.8 Å². The van der Waals surface area contributed by atoms with Crippen molar-refractivity contribution in [1.29, 1.82) is 0 Å². The number of esters is 1. The van der Waals surface area contributed by atoms with Gasteiger partial charge in [-0.05, 0) is 128 Å². The molecular formula is C71H120N2O7P+. The molecule has 3 unspecified atom stereocenters. The second kappa shape index (κ2) is 59.1. The Balaban J connectivity index is 5.28. The first-order valence-electron chi connectivity index (χ1n) is 32.2. The summed E-state index contributed by atoms with van der Waals surface area (Å²) < 4.78 is 30.7. The Kier molecular flexibility index (Phi) is 56.1. The fraction of sp³-hybridized carbons (Fsp3) is 0.634. The van der Waals surface area contributed by atoms with Crippen molar-refractivity contribution in [2.45, 2.75) is 251 Å². The Hall–Kier alpha value is -4.11. The zero-order valence-electron chi connectivity index (χ0n) is 52.5. The third-order valence-corrected chi connectivity index (χ3v) is 14.3. The lowest BCUT2D eigenvalue weighted by atomic mass is 10.1. The minimum atomic E-state index is -4.47. The summed E-state index contributed by atoms with van der Waals surface area (Å²) in [5.74, 6) is -0.568. The summed E-state index contributed by atoms with van der Waals surface area (Å²) in [6, 6.07) is -0.881. The molecule has 10 heteroatoms. The highest BCUT2D eigenvalue weighted by atomic mass is 31.2. The maximum Gasteiger partial charge on any atom is 0.472 e. The lowest BCUT2D eigenvalue weighted by Gasteiger charge is -2.27. The van der Waals surface area contributed by atoms with Gasteiger partial charge < -0.3 is 19.4 Å². The van der Waals surface area contributed by atoms with Crippen LogP contribution in [-0.4, -0.2) is 74.3 Å². The quantitative estimate of drug-likeness (QED) is 0.0205. The van der Waals surface area contributed by atoms with E-state index in [0.29, 0.717) is 30.3 Å². The zero-order chi connectivity index (χ0) is 59.3. The Labute approximate surface area is 498 Å². The number of amides is 1. The number of hydrogen-bond acceptors (Lipinski definition) is 6. The first-order valence-corrected chi connectivity index (χ1v) is 33.7. The summed E-state index contributed by atoms with van der Waals surface area (Å²) in [5.41, 5.74) is 0. The number of allylic oxidation sites excluding steroid dienone is 23. The van der Waals surface area contributed by atoms with Crippen LogP contribution in [0.5, 0.6) is 0 Å². The molecule has 460 valence electrons. The maximum absolute atomic E-state index is 13.6. The molecule has 0 rings (SSSR count). The molecule has 3 atom stereocenters. The summed E-state index contributed by atoms with van der Waals surface area (Å²) in [6.07, 6.45) is 85.6. The van der Waals surface area contributed by atoms with Crippen molar-refractivity contribution in [2.75, 3.05) is 40.9 Å². The number of ether oxygens (including phenoxy) is 1. The Morgan fingerprint density at radius 2 is 0.790 bits per heavy atom. The van der Waals surface area contributed by atoms with Gasteiger partial charge in [-0.25, -0.2) is 4.57 Å². The van der Waals surface area contributed by atoms with Gasteiger partial charge in [0.15, 0.2) is 0 Å². The highest BCUT2D eigenvalue weighted by Gasteiger charge is 2.30. The molecular weight excluding hydrogens is 1020 g/mol. The van der Waals surface area contributed by atoms with E-state index >= 15 is 0 Å². The van der Waals surface area contributed by atoms with Crippen LogP contribution < -0.4 is 5.32 Å². The van der Waals surface area contributed by atoms with Crippen molar-refractivity contribution in [3.63, 3.8) is 0 Å². The van der Waals surface area contributed by atoms with Crippen LogP contribution in [0.3, 0.4) is 0 Å². The third-order valence-electron chi connectivity index (χ3n) is 13.3. The second-order valence-corrected chi connectivity index (χ2v) is 23.6. The molecule has 0 saturated heterocycles. The molecule has 0 heterocycles. The monoisotopic (exact) mass is 1140 g/mol. The Bertz CT molecular complexity index is 1890. The molecule has 0 aliphatic heterocycles. The maximum atomic E-state index is 13.6. The molecule has 1 amide bonds. The van der Waals surface area contributed by atoms with E-state index in [1.807, 2.05) is 33.3 Å². The van der Waals surface area contributed by atoms with Gasteiger partial charge >= 0.3 is 13.8 Å². The first-order chi connectivity index (χ1) is 39.4. The molecule has 81 heavy (non-hydrogen) atoms. The fourth-order valence-corrected chi connectivity index (χ4v) is 9.12. The van der Waals surface area contributed by atoms with Crippen molar-refractivity contribution < 1.29 is 37.3 Å². The van der Waals surface area contributed by atoms with E-state index in [1.165, 1.54) is 44.9 Å².